The first kappa shape index (κ1) is 10.7. The van der Waals surface area contributed by atoms with Gasteiger partial charge >= 0.3 is 0 Å². The van der Waals surface area contributed by atoms with Crippen molar-refractivity contribution in [1.29, 1.82) is 0 Å². The van der Waals surface area contributed by atoms with E-state index in [1.165, 1.54) is 18.6 Å². The van der Waals surface area contributed by atoms with E-state index in [0.29, 0.717) is 12.0 Å². The number of nitrogens with zero attached hydrogens (tertiary/aromatic N) is 1. The maximum absolute atomic E-state index is 5.25. The summed E-state index contributed by atoms with van der Waals surface area (Å²) in [6.45, 7) is 11.2. The molecule has 15 heavy (non-hydrogen) atoms. The van der Waals surface area contributed by atoms with E-state index in [2.05, 4.69) is 32.5 Å². The monoisotopic (exact) mass is 207 g/mol. The Bertz CT molecular complexity index is 306. The van der Waals surface area contributed by atoms with Gasteiger partial charge in [0.1, 0.15) is 6.61 Å². The molecule has 0 aromatic carbocycles. The molecule has 2 aliphatic carbocycles. The van der Waals surface area contributed by atoms with Gasteiger partial charge in [-0.2, -0.15) is 0 Å². The zero-order chi connectivity index (χ0) is 11.1. The van der Waals surface area contributed by atoms with Crippen molar-refractivity contribution in [2.24, 2.45) is 21.9 Å². The van der Waals surface area contributed by atoms with Crippen LogP contribution in [0.4, 0.5) is 0 Å². The predicted molar refractivity (Wildman–Crippen MR) is 62.8 cm³/mol. The van der Waals surface area contributed by atoms with Gasteiger partial charge in [0, 0.05) is 5.41 Å². The second-order valence-electron chi connectivity index (χ2n) is 5.62. The van der Waals surface area contributed by atoms with E-state index in [1.807, 2.05) is 0 Å². The molecular formula is C13H21NO. The van der Waals surface area contributed by atoms with Crippen molar-refractivity contribution < 1.29 is 4.84 Å². The topological polar surface area (TPSA) is 21.6 Å². The number of oxime groups is 1. The van der Waals surface area contributed by atoms with E-state index in [4.69, 9.17) is 4.84 Å². The molecule has 0 amide bonds. The molecule has 0 radical (unpaired) electrons. The van der Waals surface area contributed by atoms with Crippen molar-refractivity contribution in [2.45, 2.75) is 40.0 Å². The average Bonchev–Trinajstić information content (AvgIpc) is 2.51. The van der Waals surface area contributed by atoms with Gasteiger partial charge in [0.25, 0.3) is 0 Å². The van der Waals surface area contributed by atoms with Crippen molar-refractivity contribution in [3.63, 3.8) is 0 Å². The molecular weight excluding hydrogens is 186 g/mol. The van der Waals surface area contributed by atoms with Crippen molar-refractivity contribution in [2.75, 3.05) is 6.61 Å². The molecule has 2 atom stereocenters. The van der Waals surface area contributed by atoms with Crippen molar-refractivity contribution in [3.05, 3.63) is 12.7 Å². The fourth-order valence-corrected chi connectivity index (χ4v) is 3.23. The SMILES string of the molecule is C=CCO/N=C1\CC2CCC1(C)C2(C)C. The first-order valence-corrected chi connectivity index (χ1v) is 5.82. The Morgan fingerprint density at radius 2 is 2.27 bits per heavy atom. The molecule has 2 heteroatoms. The minimum Gasteiger partial charge on any atom is -0.392 e. The van der Waals surface area contributed by atoms with E-state index in [-0.39, 0.29) is 5.41 Å². The maximum Gasteiger partial charge on any atom is 0.135 e. The fraction of sp³-hybridized carbons (Fsp3) is 0.769. The van der Waals surface area contributed by atoms with Gasteiger partial charge in [-0.1, -0.05) is 38.6 Å². The third kappa shape index (κ3) is 1.34. The molecule has 2 fully saturated rings. The molecule has 0 heterocycles. The third-order valence-corrected chi connectivity index (χ3v) is 4.88. The van der Waals surface area contributed by atoms with Gasteiger partial charge in [-0.05, 0) is 30.6 Å². The highest BCUT2D eigenvalue weighted by Gasteiger charge is 2.60. The smallest absolute Gasteiger partial charge is 0.135 e. The Morgan fingerprint density at radius 3 is 2.73 bits per heavy atom. The van der Waals surface area contributed by atoms with Crippen molar-refractivity contribution in [3.8, 4) is 0 Å². The summed E-state index contributed by atoms with van der Waals surface area (Å²) >= 11 is 0. The number of hydrogen-bond acceptors (Lipinski definition) is 2. The van der Waals surface area contributed by atoms with Crippen LogP contribution in [0, 0.1) is 16.7 Å². The van der Waals surface area contributed by atoms with Crippen LogP contribution in [0.5, 0.6) is 0 Å². The molecule has 0 spiro atoms. The molecule has 2 nitrogen and oxygen atoms in total. The molecule has 2 rings (SSSR count). The van der Waals surface area contributed by atoms with Gasteiger partial charge in [-0.15, -0.1) is 0 Å². The highest BCUT2D eigenvalue weighted by molar-refractivity contribution is 5.93. The molecule has 0 saturated heterocycles. The Hall–Kier alpha value is -0.790. The van der Waals surface area contributed by atoms with E-state index < -0.39 is 0 Å². The van der Waals surface area contributed by atoms with Crippen LogP contribution in [0.2, 0.25) is 0 Å². The van der Waals surface area contributed by atoms with Gasteiger partial charge in [-0.25, -0.2) is 0 Å². The molecule has 2 aliphatic rings. The summed E-state index contributed by atoms with van der Waals surface area (Å²) in [7, 11) is 0. The lowest BCUT2D eigenvalue weighted by atomic mass is 9.70. The van der Waals surface area contributed by atoms with Gasteiger partial charge in [-0.3, -0.25) is 0 Å². The van der Waals surface area contributed by atoms with Gasteiger partial charge in [0.05, 0.1) is 5.71 Å². The second-order valence-corrected chi connectivity index (χ2v) is 5.62. The Morgan fingerprint density at radius 1 is 1.53 bits per heavy atom. The largest absolute Gasteiger partial charge is 0.392 e. The molecule has 84 valence electrons. The Balaban J connectivity index is 2.18. The highest BCUT2D eigenvalue weighted by Crippen LogP contribution is 2.63. The van der Waals surface area contributed by atoms with Crippen LogP contribution in [0.1, 0.15) is 40.0 Å². The number of hydrogen-bond donors (Lipinski definition) is 0. The lowest BCUT2D eigenvalue weighted by molar-refractivity contribution is 0.160. The summed E-state index contributed by atoms with van der Waals surface area (Å²) in [6, 6.07) is 0. The third-order valence-electron chi connectivity index (χ3n) is 4.88. The molecule has 2 bridgehead atoms. The van der Waals surface area contributed by atoms with E-state index >= 15 is 0 Å². The second kappa shape index (κ2) is 3.36. The summed E-state index contributed by atoms with van der Waals surface area (Å²) < 4.78 is 0. The average molecular weight is 207 g/mol. The van der Waals surface area contributed by atoms with Crippen molar-refractivity contribution >= 4 is 5.71 Å². The molecule has 2 unspecified atom stereocenters. The highest BCUT2D eigenvalue weighted by atomic mass is 16.6. The summed E-state index contributed by atoms with van der Waals surface area (Å²) in [5.74, 6) is 0.800. The van der Waals surface area contributed by atoms with Gasteiger partial charge in [0.15, 0.2) is 0 Å². The summed E-state index contributed by atoms with van der Waals surface area (Å²) in [5.41, 5.74) is 1.92. The van der Waals surface area contributed by atoms with Crippen LogP contribution in [-0.2, 0) is 4.84 Å². The van der Waals surface area contributed by atoms with Crippen LogP contribution in [0.15, 0.2) is 17.8 Å². The van der Waals surface area contributed by atoms with Crippen LogP contribution in [0.3, 0.4) is 0 Å². The molecule has 2 saturated carbocycles. The fourth-order valence-electron chi connectivity index (χ4n) is 3.23. The van der Waals surface area contributed by atoms with Gasteiger partial charge < -0.3 is 4.84 Å². The zero-order valence-corrected chi connectivity index (χ0v) is 10.0. The summed E-state index contributed by atoms with van der Waals surface area (Å²) in [5, 5.41) is 4.31. The van der Waals surface area contributed by atoms with E-state index in [9.17, 15) is 0 Å². The van der Waals surface area contributed by atoms with Crippen LogP contribution in [-0.4, -0.2) is 12.3 Å². The number of rotatable bonds is 3. The van der Waals surface area contributed by atoms with E-state index in [0.717, 1.165) is 12.3 Å². The van der Waals surface area contributed by atoms with Crippen LogP contribution in [0.25, 0.3) is 0 Å². The predicted octanol–water partition coefficient (Wildman–Crippen LogP) is 3.39. The van der Waals surface area contributed by atoms with Gasteiger partial charge in [0.2, 0.25) is 0 Å². The molecule has 0 aromatic heterocycles. The van der Waals surface area contributed by atoms with Crippen molar-refractivity contribution in [1.82, 2.24) is 0 Å². The normalized spacial score (nSPS) is 39.7. The lowest BCUT2D eigenvalue weighted by Crippen LogP contribution is -2.32. The first-order valence-electron chi connectivity index (χ1n) is 5.82. The zero-order valence-electron chi connectivity index (χ0n) is 10.0. The van der Waals surface area contributed by atoms with Crippen LogP contribution < -0.4 is 0 Å². The molecule has 0 N–H and O–H groups in total. The summed E-state index contributed by atoms with van der Waals surface area (Å²) in [6.07, 6.45) is 5.48. The first-order chi connectivity index (χ1) is 7.02. The Labute approximate surface area is 92.4 Å². The quantitative estimate of drug-likeness (QED) is 0.395. The number of fused-ring (bicyclic) bond motifs is 2. The lowest BCUT2D eigenvalue weighted by Gasteiger charge is -2.34. The Kier molecular flexibility index (Phi) is 2.40. The summed E-state index contributed by atoms with van der Waals surface area (Å²) in [4.78, 5) is 5.25. The van der Waals surface area contributed by atoms with Crippen LogP contribution >= 0.6 is 0 Å². The molecule has 0 aliphatic heterocycles. The minimum atomic E-state index is 0.263. The van der Waals surface area contributed by atoms with E-state index in [1.54, 1.807) is 6.08 Å². The standard InChI is InChI=1S/C13H21NO/c1-5-8-15-14-11-9-10-6-7-13(11,4)12(10,2)3/h5,10H,1,6-9H2,2-4H3/b14-11+. The minimum absolute atomic E-state index is 0.263. The maximum atomic E-state index is 5.25. The molecule has 0 aromatic rings.